The van der Waals surface area contributed by atoms with Gasteiger partial charge in [0.2, 0.25) is 5.89 Å². The van der Waals surface area contributed by atoms with Crippen LogP contribution in [0.3, 0.4) is 0 Å². The van der Waals surface area contributed by atoms with Crippen molar-refractivity contribution in [3.63, 3.8) is 0 Å². The Kier molecular flexibility index (Phi) is 5.40. The van der Waals surface area contributed by atoms with Crippen molar-refractivity contribution in [2.75, 3.05) is 19.7 Å². The predicted molar refractivity (Wildman–Crippen MR) is 96.5 cm³/mol. The summed E-state index contributed by atoms with van der Waals surface area (Å²) in [6.45, 7) is 7.07. The van der Waals surface area contributed by atoms with Crippen molar-refractivity contribution >= 4 is 11.9 Å². The van der Waals surface area contributed by atoms with Crippen LogP contribution in [-0.2, 0) is 9.53 Å². The molecule has 0 unspecified atom stereocenters. The summed E-state index contributed by atoms with van der Waals surface area (Å²) in [6.07, 6.45) is 1.12. The minimum Gasteiger partial charge on any atom is -0.451 e. The fraction of sp³-hybridized carbons (Fsp3) is 0.450. The van der Waals surface area contributed by atoms with Gasteiger partial charge < -0.3 is 14.1 Å². The highest BCUT2D eigenvalue weighted by Gasteiger charge is 2.27. The van der Waals surface area contributed by atoms with Crippen LogP contribution in [0.4, 0.5) is 0 Å². The number of benzene rings is 1. The van der Waals surface area contributed by atoms with Crippen LogP contribution in [0.15, 0.2) is 34.7 Å². The Morgan fingerprint density at radius 2 is 1.85 bits per heavy atom. The normalized spacial score (nSPS) is 20.0. The third kappa shape index (κ3) is 4.12. The molecule has 2 atom stereocenters. The van der Waals surface area contributed by atoms with Gasteiger partial charge in [0.25, 0.3) is 5.91 Å². The number of likely N-dealkylation sites (tertiary alicyclic amines) is 1. The first kappa shape index (κ1) is 18.2. The molecule has 1 aromatic carbocycles. The van der Waals surface area contributed by atoms with E-state index in [9.17, 15) is 9.59 Å². The van der Waals surface area contributed by atoms with Crippen LogP contribution in [-0.4, -0.2) is 41.5 Å². The molecule has 0 aliphatic carbocycles. The number of rotatable bonds is 4. The fourth-order valence-corrected chi connectivity index (χ4v) is 3.44. The van der Waals surface area contributed by atoms with E-state index in [2.05, 4.69) is 18.8 Å². The van der Waals surface area contributed by atoms with Gasteiger partial charge in [-0.25, -0.2) is 9.78 Å². The molecule has 0 radical (unpaired) electrons. The molecule has 0 spiro atoms. The molecular weight excluding hydrogens is 332 g/mol. The third-order valence-corrected chi connectivity index (χ3v) is 4.56. The first-order valence-electron chi connectivity index (χ1n) is 8.91. The molecule has 0 saturated carbocycles. The van der Waals surface area contributed by atoms with E-state index >= 15 is 0 Å². The molecule has 1 fully saturated rings. The van der Waals surface area contributed by atoms with Crippen LogP contribution in [0, 0.1) is 18.8 Å². The van der Waals surface area contributed by atoms with Gasteiger partial charge in [0.05, 0.1) is 0 Å². The van der Waals surface area contributed by atoms with Gasteiger partial charge in [-0.3, -0.25) is 4.79 Å². The van der Waals surface area contributed by atoms with Gasteiger partial charge in [-0.15, -0.1) is 0 Å². The van der Waals surface area contributed by atoms with E-state index in [-0.39, 0.29) is 18.2 Å². The SMILES string of the molecule is Cc1oc(-c2ccccc2)nc1C(=O)OCC(=O)N1C[C@H](C)C[C@@H](C)C1. The zero-order valence-electron chi connectivity index (χ0n) is 15.4. The molecule has 6 heteroatoms. The summed E-state index contributed by atoms with van der Waals surface area (Å²) in [6, 6.07) is 9.33. The van der Waals surface area contributed by atoms with Crippen molar-refractivity contribution in [3.8, 4) is 11.5 Å². The Balaban J connectivity index is 1.62. The number of ether oxygens (including phenoxy) is 1. The number of piperidine rings is 1. The van der Waals surface area contributed by atoms with Crippen molar-refractivity contribution < 1.29 is 18.7 Å². The average Bonchev–Trinajstić information content (AvgIpc) is 3.01. The minimum absolute atomic E-state index is 0.108. The summed E-state index contributed by atoms with van der Waals surface area (Å²) in [5.74, 6) is 0.858. The van der Waals surface area contributed by atoms with E-state index < -0.39 is 5.97 Å². The van der Waals surface area contributed by atoms with E-state index in [1.54, 1.807) is 11.8 Å². The number of aromatic nitrogens is 1. The van der Waals surface area contributed by atoms with Gasteiger partial charge in [-0.1, -0.05) is 32.0 Å². The van der Waals surface area contributed by atoms with Crippen molar-refractivity contribution in [3.05, 3.63) is 41.8 Å². The lowest BCUT2D eigenvalue weighted by Crippen LogP contribution is -2.44. The highest BCUT2D eigenvalue weighted by molar-refractivity contribution is 5.91. The first-order valence-corrected chi connectivity index (χ1v) is 8.91. The Bertz CT molecular complexity index is 774. The molecule has 0 N–H and O–H groups in total. The second-order valence-electron chi connectivity index (χ2n) is 7.11. The van der Waals surface area contributed by atoms with E-state index in [1.807, 2.05) is 30.3 Å². The zero-order valence-corrected chi connectivity index (χ0v) is 15.4. The molecule has 1 aliphatic rings. The van der Waals surface area contributed by atoms with Gasteiger partial charge in [0.1, 0.15) is 5.76 Å². The Morgan fingerprint density at radius 1 is 1.19 bits per heavy atom. The number of hydrogen-bond donors (Lipinski definition) is 0. The lowest BCUT2D eigenvalue weighted by atomic mass is 9.92. The first-order chi connectivity index (χ1) is 12.4. The Labute approximate surface area is 153 Å². The molecule has 3 rings (SSSR count). The monoisotopic (exact) mass is 356 g/mol. The van der Waals surface area contributed by atoms with E-state index in [4.69, 9.17) is 9.15 Å². The number of oxazole rings is 1. The summed E-state index contributed by atoms with van der Waals surface area (Å²) in [5, 5.41) is 0. The van der Waals surface area contributed by atoms with Gasteiger partial charge >= 0.3 is 5.97 Å². The zero-order chi connectivity index (χ0) is 18.7. The fourth-order valence-electron chi connectivity index (χ4n) is 3.44. The van der Waals surface area contributed by atoms with Gasteiger partial charge in [0, 0.05) is 18.7 Å². The van der Waals surface area contributed by atoms with Crippen LogP contribution >= 0.6 is 0 Å². The van der Waals surface area contributed by atoms with Crippen LogP contribution in [0.5, 0.6) is 0 Å². The maximum atomic E-state index is 12.3. The average molecular weight is 356 g/mol. The molecule has 26 heavy (non-hydrogen) atoms. The maximum Gasteiger partial charge on any atom is 0.361 e. The van der Waals surface area contributed by atoms with Gasteiger partial charge in [-0.2, -0.15) is 0 Å². The second kappa shape index (κ2) is 7.72. The number of amides is 1. The van der Waals surface area contributed by atoms with Crippen molar-refractivity contribution in [1.29, 1.82) is 0 Å². The Morgan fingerprint density at radius 3 is 2.50 bits per heavy atom. The lowest BCUT2D eigenvalue weighted by molar-refractivity contribution is -0.137. The summed E-state index contributed by atoms with van der Waals surface area (Å²) in [7, 11) is 0. The number of nitrogens with zero attached hydrogens (tertiary/aromatic N) is 2. The lowest BCUT2D eigenvalue weighted by Gasteiger charge is -2.34. The van der Waals surface area contributed by atoms with Crippen LogP contribution in [0.25, 0.3) is 11.5 Å². The molecule has 1 saturated heterocycles. The van der Waals surface area contributed by atoms with E-state index in [0.717, 1.165) is 12.0 Å². The largest absolute Gasteiger partial charge is 0.451 e. The number of hydrogen-bond acceptors (Lipinski definition) is 5. The second-order valence-corrected chi connectivity index (χ2v) is 7.11. The molecule has 2 heterocycles. The van der Waals surface area contributed by atoms with E-state index in [1.165, 1.54) is 0 Å². The molecule has 138 valence electrons. The number of aryl methyl sites for hydroxylation is 1. The van der Waals surface area contributed by atoms with Crippen LogP contribution in [0.1, 0.15) is 36.5 Å². The summed E-state index contributed by atoms with van der Waals surface area (Å²) in [4.78, 5) is 30.7. The van der Waals surface area contributed by atoms with Crippen molar-refractivity contribution in [2.45, 2.75) is 27.2 Å². The highest BCUT2D eigenvalue weighted by Crippen LogP contribution is 2.23. The Hall–Kier alpha value is -2.63. The van der Waals surface area contributed by atoms with Crippen LogP contribution < -0.4 is 0 Å². The molecule has 1 aromatic heterocycles. The summed E-state index contributed by atoms with van der Waals surface area (Å²) in [5.41, 5.74) is 0.888. The molecule has 0 bridgehead atoms. The molecule has 1 amide bonds. The van der Waals surface area contributed by atoms with Crippen LogP contribution in [0.2, 0.25) is 0 Å². The topological polar surface area (TPSA) is 72.6 Å². The highest BCUT2D eigenvalue weighted by atomic mass is 16.5. The standard InChI is InChI=1S/C20H24N2O4/c1-13-9-14(2)11-22(10-13)17(23)12-25-20(24)18-15(3)26-19(21-18)16-7-5-4-6-8-16/h4-8,13-14H,9-12H2,1-3H3/t13-,14-/m1/s1. The van der Waals surface area contributed by atoms with Crippen molar-refractivity contribution in [1.82, 2.24) is 9.88 Å². The van der Waals surface area contributed by atoms with E-state index in [0.29, 0.717) is 36.6 Å². The predicted octanol–water partition coefficient (Wildman–Crippen LogP) is 3.31. The molecular formula is C20H24N2O4. The smallest absolute Gasteiger partial charge is 0.361 e. The number of carbonyl (C=O) groups excluding carboxylic acids is 2. The maximum absolute atomic E-state index is 12.3. The number of esters is 1. The molecule has 1 aliphatic heterocycles. The summed E-state index contributed by atoms with van der Waals surface area (Å²) < 4.78 is 10.8. The van der Waals surface area contributed by atoms with Gasteiger partial charge in [0.15, 0.2) is 12.3 Å². The third-order valence-electron chi connectivity index (χ3n) is 4.56. The minimum atomic E-state index is -0.639. The molecule has 6 nitrogen and oxygen atoms in total. The van der Waals surface area contributed by atoms with Gasteiger partial charge in [-0.05, 0) is 37.3 Å². The summed E-state index contributed by atoms with van der Waals surface area (Å²) >= 11 is 0. The number of carbonyl (C=O) groups is 2. The molecule has 2 aromatic rings. The quantitative estimate of drug-likeness (QED) is 0.786. The van der Waals surface area contributed by atoms with Crippen molar-refractivity contribution in [2.24, 2.45) is 11.8 Å².